The van der Waals surface area contributed by atoms with Gasteiger partial charge in [0.1, 0.15) is 0 Å². The number of anilines is 1. The van der Waals surface area contributed by atoms with Crippen LogP contribution in [-0.2, 0) is 0 Å². The molecule has 1 heterocycles. The summed E-state index contributed by atoms with van der Waals surface area (Å²) in [5, 5.41) is 3.03. The standard InChI is InChI=1S/C12H17N3O/c1-8-11(6-9(13)7-14-8)12(16)15-10-4-2-3-5-10/h6-7,10H,2-5,13H2,1H3,(H,15,16). The zero-order chi connectivity index (χ0) is 11.5. The fourth-order valence-corrected chi connectivity index (χ4v) is 2.11. The summed E-state index contributed by atoms with van der Waals surface area (Å²) < 4.78 is 0. The van der Waals surface area contributed by atoms with Crippen LogP contribution < -0.4 is 11.1 Å². The molecule has 0 bridgehead atoms. The molecule has 1 amide bonds. The van der Waals surface area contributed by atoms with Crippen molar-refractivity contribution < 1.29 is 4.79 Å². The first kappa shape index (κ1) is 10.9. The molecule has 4 heteroatoms. The van der Waals surface area contributed by atoms with Crippen LogP contribution in [0.25, 0.3) is 0 Å². The minimum absolute atomic E-state index is 0.0517. The summed E-state index contributed by atoms with van der Waals surface area (Å²) in [5.41, 5.74) is 7.48. The molecule has 1 saturated carbocycles. The van der Waals surface area contributed by atoms with Crippen LogP contribution in [0.15, 0.2) is 12.3 Å². The number of aryl methyl sites for hydroxylation is 1. The van der Waals surface area contributed by atoms with Crippen molar-refractivity contribution in [2.75, 3.05) is 5.73 Å². The van der Waals surface area contributed by atoms with Gasteiger partial charge < -0.3 is 11.1 Å². The second-order valence-electron chi connectivity index (χ2n) is 4.36. The molecule has 16 heavy (non-hydrogen) atoms. The Morgan fingerprint density at radius 3 is 2.88 bits per heavy atom. The van der Waals surface area contributed by atoms with Crippen molar-refractivity contribution in [1.29, 1.82) is 0 Å². The van der Waals surface area contributed by atoms with Crippen molar-refractivity contribution in [2.45, 2.75) is 38.6 Å². The number of nitrogen functional groups attached to an aromatic ring is 1. The van der Waals surface area contributed by atoms with Crippen LogP contribution in [0.1, 0.15) is 41.7 Å². The molecule has 3 N–H and O–H groups in total. The third-order valence-corrected chi connectivity index (χ3v) is 3.04. The van der Waals surface area contributed by atoms with Crippen molar-refractivity contribution >= 4 is 11.6 Å². The second-order valence-corrected chi connectivity index (χ2v) is 4.36. The van der Waals surface area contributed by atoms with E-state index in [0.717, 1.165) is 18.5 Å². The zero-order valence-electron chi connectivity index (χ0n) is 9.49. The lowest BCUT2D eigenvalue weighted by Crippen LogP contribution is -2.33. The van der Waals surface area contributed by atoms with Gasteiger partial charge in [-0.25, -0.2) is 0 Å². The first-order valence-corrected chi connectivity index (χ1v) is 5.70. The van der Waals surface area contributed by atoms with Crippen LogP contribution in [0.5, 0.6) is 0 Å². The summed E-state index contributed by atoms with van der Waals surface area (Å²) in [7, 11) is 0. The molecule has 0 atom stereocenters. The van der Waals surface area contributed by atoms with Gasteiger partial charge in [-0.1, -0.05) is 12.8 Å². The number of nitrogens with one attached hydrogen (secondary N) is 1. The maximum atomic E-state index is 12.0. The van der Waals surface area contributed by atoms with Gasteiger partial charge in [0, 0.05) is 6.04 Å². The molecule has 1 aromatic rings. The van der Waals surface area contributed by atoms with Gasteiger partial charge in [0.2, 0.25) is 0 Å². The van der Waals surface area contributed by atoms with E-state index >= 15 is 0 Å². The van der Waals surface area contributed by atoms with Crippen molar-refractivity contribution in [1.82, 2.24) is 10.3 Å². The van der Waals surface area contributed by atoms with Gasteiger partial charge in [0.05, 0.1) is 23.1 Å². The molecule has 0 aromatic carbocycles. The Labute approximate surface area is 95.3 Å². The van der Waals surface area contributed by atoms with Crippen molar-refractivity contribution in [2.24, 2.45) is 0 Å². The summed E-state index contributed by atoms with van der Waals surface area (Å²) in [6.45, 7) is 1.82. The first-order valence-electron chi connectivity index (χ1n) is 5.70. The normalized spacial score (nSPS) is 16.3. The average Bonchev–Trinajstić information content (AvgIpc) is 2.74. The van der Waals surface area contributed by atoms with Crippen molar-refractivity contribution in [3.63, 3.8) is 0 Å². The molecular weight excluding hydrogens is 202 g/mol. The van der Waals surface area contributed by atoms with Crippen LogP contribution >= 0.6 is 0 Å². The van der Waals surface area contributed by atoms with E-state index in [1.807, 2.05) is 6.92 Å². The molecule has 0 saturated heterocycles. The smallest absolute Gasteiger partial charge is 0.253 e. The number of aromatic nitrogens is 1. The molecule has 1 aliphatic carbocycles. The van der Waals surface area contributed by atoms with Crippen LogP contribution in [0, 0.1) is 6.92 Å². The lowest BCUT2D eigenvalue weighted by Gasteiger charge is -2.13. The van der Waals surface area contributed by atoms with Crippen molar-refractivity contribution in [3.8, 4) is 0 Å². The van der Waals surface area contributed by atoms with E-state index in [1.165, 1.54) is 12.8 Å². The summed E-state index contributed by atoms with van der Waals surface area (Å²) in [4.78, 5) is 16.1. The van der Waals surface area contributed by atoms with E-state index in [1.54, 1.807) is 12.3 Å². The topological polar surface area (TPSA) is 68.0 Å². The fourth-order valence-electron chi connectivity index (χ4n) is 2.11. The molecule has 1 aliphatic rings. The maximum absolute atomic E-state index is 12.0. The summed E-state index contributed by atoms with van der Waals surface area (Å²) >= 11 is 0. The van der Waals surface area contributed by atoms with Gasteiger partial charge in [-0.15, -0.1) is 0 Å². The molecule has 86 valence electrons. The largest absolute Gasteiger partial charge is 0.397 e. The van der Waals surface area contributed by atoms with Crippen LogP contribution in [-0.4, -0.2) is 16.9 Å². The zero-order valence-corrected chi connectivity index (χ0v) is 9.49. The van der Waals surface area contributed by atoms with Gasteiger partial charge in [0.15, 0.2) is 0 Å². The number of rotatable bonds is 2. The maximum Gasteiger partial charge on any atom is 0.253 e. The number of nitrogens with two attached hydrogens (primary N) is 1. The van der Waals surface area contributed by atoms with Crippen LogP contribution in [0.2, 0.25) is 0 Å². The number of carbonyl (C=O) groups is 1. The summed E-state index contributed by atoms with van der Waals surface area (Å²) in [5.74, 6) is -0.0517. The van der Waals surface area contributed by atoms with E-state index in [0.29, 0.717) is 17.3 Å². The molecule has 1 fully saturated rings. The minimum atomic E-state index is -0.0517. The number of hydrogen-bond donors (Lipinski definition) is 2. The van der Waals surface area contributed by atoms with Gasteiger partial charge >= 0.3 is 0 Å². The summed E-state index contributed by atoms with van der Waals surface area (Å²) in [6.07, 6.45) is 6.15. The van der Waals surface area contributed by atoms with E-state index in [4.69, 9.17) is 5.73 Å². The molecule has 2 rings (SSSR count). The first-order chi connectivity index (χ1) is 7.66. The van der Waals surface area contributed by atoms with Gasteiger partial charge in [-0.05, 0) is 25.8 Å². The lowest BCUT2D eigenvalue weighted by atomic mass is 10.1. The van der Waals surface area contributed by atoms with Crippen LogP contribution in [0.3, 0.4) is 0 Å². The number of pyridine rings is 1. The third kappa shape index (κ3) is 2.32. The summed E-state index contributed by atoms with van der Waals surface area (Å²) in [6, 6.07) is 2.01. The molecular formula is C12H17N3O. The highest BCUT2D eigenvalue weighted by molar-refractivity contribution is 5.96. The number of hydrogen-bond acceptors (Lipinski definition) is 3. The molecule has 0 unspecified atom stereocenters. The molecule has 1 aromatic heterocycles. The quantitative estimate of drug-likeness (QED) is 0.794. The Morgan fingerprint density at radius 1 is 1.50 bits per heavy atom. The Kier molecular flexibility index (Phi) is 3.08. The highest BCUT2D eigenvalue weighted by atomic mass is 16.1. The van der Waals surface area contributed by atoms with E-state index in [2.05, 4.69) is 10.3 Å². The van der Waals surface area contributed by atoms with E-state index in [-0.39, 0.29) is 5.91 Å². The molecule has 4 nitrogen and oxygen atoms in total. The van der Waals surface area contributed by atoms with Gasteiger partial charge in [0.25, 0.3) is 5.91 Å². The number of amides is 1. The Balaban J connectivity index is 2.10. The second kappa shape index (κ2) is 4.51. The fraction of sp³-hybridized carbons (Fsp3) is 0.500. The minimum Gasteiger partial charge on any atom is -0.397 e. The lowest BCUT2D eigenvalue weighted by molar-refractivity contribution is 0.0937. The molecule has 0 aliphatic heterocycles. The molecule has 0 spiro atoms. The molecule has 0 radical (unpaired) electrons. The number of nitrogens with zero attached hydrogens (tertiary/aromatic N) is 1. The Hall–Kier alpha value is -1.58. The van der Waals surface area contributed by atoms with Gasteiger partial charge in [-0.2, -0.15) is 0 Å². The van der Waals surface area contributed by atoms with Crippen molar-refractivity contribution in [3.05, 3.63) is 23.5 Å². The predicted octanol–water partition coefficient (Wildman–Crippen LogP) is 1.64. The predicted molar refractivity (Wildman–Crippen MR) is 63.1 cm³/mol. The highest BCUT2D eigenvalue weighted by Gasteiger charge is 2.19. The Morgan fingerprint density at radius 2 is 2.19 bits per heavy atom. The highest BCUT2D eigenvalue weighted by Crippen LogP contribution is 2.18. The third-order valence-electron chi connectivity index (χ3n) is 3.04. The number of carbonyl (C=O) groups excluding carboxylic acids is 1. The monoisotopic (exact) mass is 219 g/mol. The Bertz CT molecular complexity index is 397. The van der Waals surface area contributed by atoms with E-state index in [9.17, 15) is 4.79 Å². The average molecular weight is 219 g/mol. The van der Waals surface area contributed by atoms with E-state index < -0.39 is 0 Å². The SMILES string of the molecule is Cc1ncc(N)cc1C(=O)NC1CCCC1. The van der Waals surface area contributed by atoms with Crippen LogP contribution in [0.4, 0.5) is 5.69 Å². The van der Waals surface area contributed by atoms with Gasteiger partial charge in [-0.3, -0.25) is 9.78 Å².